The van der Waals surface area contributed by atoms with Gasteiger partial charge in [-0.15, -0.1) is 0 Å². The van der Waals surface area contributed by atoms with Crippen LogP contribution < -0.4 is 26.4 Å². The molecule has 47 heavy (non-hydrogen) atoms. The summed E-state index contributed by atoms with van der Waals surface area (Å²) in [7, 11) is 1.72. The summed E-state index contributed by atoms with van der Waals surface area (Å²) < 4.78 is 11.7. The molecule has 4 atom stereocenters. The average molecular weight is 646 g/mol. The van der Waals surface area contributed by atoms with Gasteiger partial charge in [-0.25, -0.2) is 0 Å². The molecule has 5 rings (SSSR count). The van der Waals surface area contributed by atoms with Gasteiger partial charge < -0.3 is 30.1 Å². The summed E-state index contributed by atoms with van der Waals surface area (Å²) in [6, 6.07) is 18.4. The van der Waals surface area contributed by atoms with E-state index in [1.54, 1.807) is 7.11 Å². The second kappa shape index (κ2) is 17.9. The number of piperidine rings is 1. The molecule has 1 aliphatic carbocycles. The monoisotopic (exact) mass is 645 g/mol. The molecule has 1 saturated carbocycles. The van der Waals surface area contributed by atoms with Crippen molar-refractivity contribution in [1.29, 1.82) is 0 Å². The van der Waals surface area contributed by atoms with Crippen LogP contribution >= 0.6 is 0 Å². The highest BCUT2D eigenvalue weighted by Crippen LogP contribution is 2.36. The van der Waals surface area contributed by atoms with Crippen LogP contribution in [-0.4, -0.2) is 57.2 Å². The molecule has 0 aromatic heterocycles. The van der Waals surface area contributed by atoms with Crippen LogP contribution in [0.4, 0.5) is 11.4 Å². The highest BCUT2D eigenvalue weighted by molar-refractivity contribution is 5.75. The molecular weight excluding hydrogens is 590 g/mol. The second-order valence-electron chi connectivity index (χ2n) is 13.8. The molecule has 0 bridgehead atoms. The Kier molecular flexibility index (Phi) is 13.5. The van der Waals surface area contributed by atoms with Gasteiger partial charge in [-0.3, -0.25) is 9.59 Å². The first-order valence-electron chi connectivity index (χ1n) is 17.9. The molecule has 3 N–H and O–H groups in total. The van der Waals surface area contributed by atoms with E-state index in [2.05, 4.69) is 58.9 Å². The fourth-order valence-electron chi connectivity index (χ4n) is 7.47. The number of rotatable bonds is 18. The predicted molar refractivity (Wildman–Crippen MR) is 190 cm³/mol. The maximum Gasteiger partial charge on any atom is 0.253 e. The number of anilines is 2. The van der Waals surface area contributed by atoms with Gasteiger partial charge in [0, 0.05) is 52.4 Å². The minimum absolute atomic E-state index is 0.0927. The molecule has 0 spiro atoms. The normalized spacial score (nSPS) is 19.5. The number of aliphatic hydroxyl groups is 1. The number of nitrogens with one attached hydrogen (secondary N) is 2. The van der Waals surface area contributed by atoms with Gasteiger partial charge in [-0.05, 0) is 56.1 Å². The number of hydrogen-bond donors (Lipinski definition) is 3. The summed E-state index contributed by atoms with van der Waals surface area (Å²) in [4.78, 5) is 28.4. The molecule has 0 radical (unpaired) electrons. The third-order valence-corrected chi connectivity index (χ3v) is 10.2. The number of nitrogens with zero attached hydrogens (tertiary/aromatic N) is 1. The van der Waals surface area contributed by atoms with E-state index in [1.165, 1.54) is 24.8 Å². The van der Waals surface area contributed by atoms with Crippen LogP contribution in [0.1, 0.15) is 87.0 Å². The number of benzene rings is 2. The van der Waals surface area contributed by atoms with Crippen LogP contribution in [0.15, 0.2) is 64.2 Å². The summed E-state index contributed by atoms with van der Waals surface area (Å²) >= 11 is 0. The van der Waals surface area contributed by atoms with Crippen molar-refractivity contribution in [2.75, 3.05) is 50.2 Å². The predicted octanol–water partition coefficient (Wildman–Crippen LogP) is 5.89. The molecule has 256 valence electrons. The van der Waals surface area contributed by atoms with Gasteiger partial charge in [-0.2, -0.15) is 0 Å². The van der Waals surface area contributed by atoms with E-state index in [9.17, 15) is 14.7 Å². The third-order valence-electron chi connectivity index (χ3n) is 10.2. The second-order valence-corrected chi connectivity index (χ2v) is 13.8. The summed E-state index contributed by atoms with van der Waals surface area (Å²) in [6.45, 7) is 5.86. The zero-order valence-electron chi connectivity index (χ0n) is 28.4. The van der Waals surface area contributed by atoms with Crippen molar-refractivity contribution in [3.05, 3.63) is 91.7 Å². The van der Waals surface area contributed by atoms with Gasteiger partial charge >= 0.3 is 0 Å². The van der Waals surface area contributed by atoms with Gasteiger partial charge in [0.05, 0.1) is 18.2 Å². The van der Waals surface area contributed by atoms with E-state index in [1.807, 2.05) is 18.2 Å². The van der Waals surface area contributed by atoms with Crippen LogP contribution in [0, 0.1) is 18.8 Å². The first-order valence-corrected chi connectivity index (χ1v) is 17.9. The average Bonchev–Trinajstić information content (AvgIpc) is 3.10. The fraction of sp³-hybridized carbons (Fsp3) is 0.590. The van der Waals surface area contributed by atoms with Gasteiger partial charge in [0.2, 0.25) is 0 Å². The molecule has 8 nitrogen and oxygen atoms in total. The van der Waals surface area contributed by atoms with Crippen LogP contribution in [0.5, 0.6) is 0 Å². The number of methoxy groups -OCH3 is 1. The zero-order chi connectivity index (χ0) is 33.0. The Morgan fingerprint density at radius 3 is 2.40 bits per heavy atom. The highest BCUT2D eigenvalue weighted by Gasteiger charge is 2.35. The summed E-state index contributed by atoms with van der Waals surface area (Å²) in [6.07, 6.45) is 9.70. The van der Waals surface area contributed by atoms with Crippen molar-refractivity contribution in [1.82, 2.24) is 5.32 Å². The maximum atomic E-state index is 13.2. The van der Waals surface area contributed by atoms with E-state index >= 15 is 0 Å². The van der Waals surface area contributed by atoms with Crippen LogP contribution in [-0.2, 0) is 16.0 Å². The fourth-order valence-corrected chi connectivity index (χ4v) is 7.47. The smallest absolute Gasteiger partial charge is 0.253 e. The molecule has 0 amide bonds. The first-order chi connectivity index (χ1) is 22.9. The Balaban J connectivity index is 1.28. The van der Waals surface area contributed by atoms with Crippen molar-refractivity contribution in [3.8, 4) is 0 Å². The maximum absolute atomic E-state index is 13.2. The topological polar surface area (TPSA) is 100 Å². The molecule has 1 heterocycles. The number of aryl methyl sites for hydroxylation is 1. The summed E-state index contributed by atoms with van der Waals surface area (Å²) in [5, 5.41) is 18.3. The van der Waals surface area contributed by atoms with Crippen LogP contribution in [0.3, 0.4) is 0 Å². The van der Waals surface area contributed by atoms with Crippen LogP contribution in [0.2, 0.25) is 0 Å². The van der Waals surface area contributed by atoms with E-state index in [0.29, 0.717) is 43.5 Å². The Hall–Kier alpha value is -3.04. The number of unbranched alkanes of at least 4 members (excludes halogenated alkanes) is 1. The van der Waals surface area contributed by atoms with Crippen molar-refractivity contribution >= 4 is 11.4 Å². The standard InChI is InChI=1S/C39H55N3O5/c1-28-17-19-30(20-18-28)25-40-26-34(43)33(24-29-12-5-3-6-13-29)41-35-36(38(45)37(35)44)42-21-11-16-32(27-42)39(31-14-7-4-8-15-31)47-23-10-9-22-46-2/h4,7-8,14-15,17-20,29,32-34,39-41,43H,3,5-6,9-13,16,21-27H2,1-2H3/t32-,33+,34-,39+/m1/s1. The third kappa shape index (κ3) is 9.75. The van der Waals surface area contributed by atoms with E-state index in [4.69, 9.17) is 9.47 Å². The SMILES string of the molecule is COCCCCO[C@@H](c1ccccc1)[C@@H]1CCCN(c2c(N[C@@H](CC3CCCCC3)[C@H](O)CNCc3ccc(C)cc3)c(=O)c2=O)C1. The molecule has 2 fully saturated rings. The Morgan fingerprint density at radius 1 is 0.915 bits per heavy atom. The quantitative estimate of drug-likeness (QED) is 0.116. The number of hydrogen-bond acceptors (Lipinski definition) is 8. The van der Waals surface area contributed by atoms with Crippen molar-refractivity contribution < 1.29 is 14.6 Å². The van der Waals surface area contributed by atoms with Gasteiger partial charge in [0.15, 0.2) is 0 Å². The van der Waals surface area contributed by atoms with E-state index in [-0.39, 0.29) is 18.1 Å². The lowest BCUT2D eigenvalue weighted by molar-refractivity contribution is 0.00229. The van der Waals surface area contributed by atoms with Gasteiger partial charge in [0.25, 0.3) is 10.9 Å². The molecule has 1 aliphatic heterocycles. The number of aliphatic hydroxyl groups excluding tert-OH is 1. The van der Waals surface area contributed by atoms with E-state index in [0.717, 1.165) is 69.2 Å². The summed E-state index contributed by atoms with van der Waals surface area (Å²) in [5.74, 6) is 0.676. The van der Waals surface area contributed by atoms with Crippen molar-refractivity contribution in [2.24, 2.45) is 11.8 Å². The van der Waals surface area contributed by atoms with Crippen molar-refractivity contribution in [3.63, 3.8) is 0 Å². The first kappa shape index (κ1) is 35.3. The minimum atomic E-state index is -0.706. The molecule has 1 saturated heterocycles. The molecule has 2 aliphatic rings. The van der Waals surface area contributed by atoms with Gasteiger partial charge in [-0.1, -0.05) is 92.3 Å². The lowest BCUT2D eigenvalue weighted by Gasteiger charge is -2.40. The van der Waals surface area contributed by atoms with Crippen molar-refractivity contribution in [2.45, 2.75) is 95.9 Å². The Morgan fingerprint density at radius 2 is 1.66 bits per heavy atom. The Labute approximate surface area is 280 Å². The molecule has 3 aromatic rings. The van der Waals surface area contributed by atoms with Gasteiger partial charge in [0.1, 0.15) is 11.4 Å². The largest absolute Gasteiger partial charge is 0.390 e. The minimum Gasteiger partial charge on any atom is -0.390 e. The number of ether oxygens (including phenoxy) is 2. The summed E-state index contributed by atoms with van der Waals surface area (Å²) in [5.41, 5.74) is 3.50. The zero-order valence-corrected chi connectivity index (χ0v) is 28.4. The molecule has 0 unspecified atom stereocenters. The highest BCUT2D eigenvalue weighted by atomic mass is 16.5. The van der Waals surface area contributed by atoms with Crippen LogP contribution in [0.25, 0.3) is 0 Å². The molecule has 3 aromatic carbocycles. The Bertz CT molecular complexity index is 1420. The molecular formula is C39H55N3O5. The molecule has 8 heteroatoms. The lowest BCUT2D eigenvalue weighted by Crippen LogP contribution is -2.50. The lowest BCUT2D eigenvalue weighted by atomic mass is 9.83. The van der Waals surface area contributed by atoms with E-state index < -0.39 is 17.0 Å².